The number of benzene rings is 2. The Hall–Kier alpha value is -2.28. The number of sulfonamides is 1. The predicted molar refractivity (Wildman–Crippen MR) is 68.9 cm³/mol. The first-order chi connectivity index (χ1) is 8.95. The smallest absolute Gasteiger partial charge is 0.264 e. The summed E-state index contributed by atoms with van der Waals surface area (Å²) in [5.74, 6) is -0.690. The Balaban J connectivity index is 2.81. The van der Waals surface area contributed by atoms with Crippen LogP contribution in [0.25, 0.3) is 10.8 Å². The van der Waals surface area contributed by atoms with Crippen LogP contribution in [-0.4, -0.2) is 14.3 Å². The van der Waals surface area contributed by atoms with Crippen molar-refractivity contribution in [3.63, 3.8) is 0 Å². The lowest BCUT2D eigenvalue weighted by molar-refractivity contribution is -0.377. The molecular weight excluding hydrogens is 268 g/mol. The summed E-state index contributed by atoms with van der Waals surface area (Å²) < 4.78 is 26.0. The maximum absolute atomic E-state index is 12.1. The molecule has 0 radical (unpaired) electrons. The van der Waals surface area contributed by atoms with Crippen LogP contribution in [0.3, 0.4) is 0 Å². The van der Waals surface area contributed by atoms with Crippen molar-refractivity contribution in [2.45, 2.75) is 11.8 Å². The van der Waals surface area contributed by atoms with Gasteiger partial charge in [-0.2, -0.15) is 0 Å². The second-order valence-electron chi connectivity index (χ2n) is 3.92. The second-order valence-corrected chi connectivity index (χ2v) is 5.57. The van der Waals surface area contributed by atoms with Crippen molar-refractivity contribution in [1.82, 2.24) is 4.72 Å². The van der Waals surface area contributed by atoms with Gasteiger partial charge in [0.15, 0.2) is 0 Å². The number of hydrogen-bond donors (Lipinski definition) is 2. The zero-order valence-corrected chi connectivity index (χ0v) is 10.8. The number of carbonyl (C=O) groups is 1. The van der Waals surface area contributed by atoms with Crippen LogP contribution in [0.5, 0.6) is 0 Å². The lowest BCUT2D eigenvalue weighted by Gasteiger charge is -2.07. The second kappa shape index (κ2) is 4.77. The molecule has 0 spiro atoms. The van der Waals surface area contributed by atoms with Crippen molar-refractivity contribution < 1.29 is 18.4 Å². The fourth-order valence-corrected chi connectivity index (χ4v) is 3.10. The largest absolute Gasteiger partial charge is 0.274 e. The number of nitroso groups, excluding NO2 is 1. The van der Waals surface area contributed by atoms with E-state index in [1.807, 2.05) is 4.72 Å². The molecule has 19 heavy (non-hydrogen) atoms. The molecule has 0 bridgehead atoms. The van der Waals surface area contributed by atoms with Gasteiger partial charge in [0.25, 0.3) is 15.7 Å². The number of fused-ring (bicyclic) bond motifs is 1. The maximum Gasteiger partial charge on any atom is 0.264 e. The normalized spacial score (nSPS) is 11.2. The Morgan fingerprint density at radius 1 is 1.16 bits per heavy atom. The number of nitrogens with one attached hydrogen (secondary N) is 2. The Labute approximate surface area is 109 Å². The first-order valence-electron chi connectivity index (χ1n) is 5.39. The van der Waals surface area contributed by atoms with Crippen LogP contribution < -0.4 is 9.90 Å². The van der Waals surface area contributed by atoms with Crippen molar-refractivity contribution in [3.8, 4) is 0 Å². The Kier molecular flexibility index (Phi) is 3.30. The van der Waals surface area contributed by atoms with E-state index in [0.717, 1.165) is 6.92 Å². The van der Waals surface area contributed by atoms with E-state index in [4.69, 9.17) is 0 Å². The highest BCUT2D eigenvalue weighted by atomic mass is 32.2. The summed E-state index contributed by atoms with van der Waals surface area (Å²) >= 11 is 0. The van der Waals surface area contributed by atoms with Gasteiger partial charge in [-0.1, -0.05) is 24.3 Å². The summed E-state index contributed by atoms with van der Waals surface area (Å²) in [6.45, 7) is 1.11. The van der Waals surface area contributed by atoms with E-state index >= 15 is 0 Å². The van der Waals surface area contributed by atoms with E-state index in [-0.39, 0.29) is 16.0 Å². The molecule has 2 rings (SSSR count). The van der Waals surface area contributed by atoms with Crippen LogP contribution >= 0.6 is 0 Å². The fourth-order valence-electron chi connectivity index (χ4n) is 1.86. The van der Waals surface area contributed by atoms with E-state index in [0.29, 0.717) is 5.39 Å². The average molecular weight is 279 g/mol. The first-order valence-corrected chi connectivity index (χ1v) is 6.87. The minimum Gasteiger partial charge on any atom is -0.274 e. The molecule has 2 N–H and O–H groups in total. The quantitative estimate of drug-likeness (QED) is 0.835. The van der Waals surface area contributed by atoms with Gasteiger partial charge < -0.3 is 0 Å². The summed E-state index contributed by atoms with van der Waals surface area (Å²) in [5.41, 5.74) is 0.141. The molecule has 98 valence electrons. The van der Waals surface area contributed by atoms with E-state index in [2.05, 4.69) is 0 Å². The zero-order chi connectivity index (χ0) is 14.0. The van der Waals surface area contributed by atoms with Gasteiger partial charge >= 0.3 is 0 Å². The van der Waals surface area contributed by atoms with Crippen LogP contribution in [0.2, 0.25) is 0 Å². The molecular formula is C12H11N2O4S+. The predicted octanol–water partition coefficient (Wildman–Crippen LogP) is 0.143. The molecule has 0 aliphatic carbocycles. The Morgan fingerprint density at radius 3 is 2.37 bits per heavy atom. The number of carbonyl (C=O) groups excluding carboxylic acids is 1. The summed E-state index contributed by atoms with van der Waals surface area (Å²) in [6.07, 6.45) is 0. The maximum atomic E-state index is 12.1. The van der Waals surface area contributed by atoms with Crippen LogP contribution in [-0.2, 0) is 14.8 Å². The highest BCUT2D eigenvalue weighted by Gasteiger charge is 2.22. The van der Waals surface area contributed by atoms with Gasteiger partial charge in [-0.15, -0.1) is 0 Å². The SMILES string of the molecule is CC(=O)NS(=O)(=O)c1cccc2cccc([NH+]=O)c12. The van der Waals surface area contributed by atoms with Gasteiger partial charge in [0.2, 0.25) is 5.91 Å². The standard InChI is InChI=1S/C12H10N2O4S/c1-8(15)14-19(17,18)11-7-3-5-9-4-2-6-10(13-16)12(9)11/h2-7H,1H3,(H,14,15)/p+1. The van der Waals surface area contributed by atoms with Gasteiger partial charge in [-0.25, -0.2) is 13.1 Å². The molecule has 1 amide bonds. The Bertz CT molecular complexity index is 763. The third kappa shape index (κ3) is 2.45. The number of hydrogen-bond acceptors (Lipinski definition) is 4. The zero-order valence-electron chi connectivity index (χ0n) is 10.0. The minimum atomic E-state index is -4.00. The van der Waals surface area contributed by atoms with Gasteiger partial charge in [0.05, 0.1) is 5.39 Å². The molecule has 0 saturated carbocycles. The average Bonchev–Trinajstić information content (AvgIpc) is 2.35. The van der Waals surface area contributed by atoms with Gasteiger partial charge in [-0.05, 0) is 11.5 Å². The molecule has 0 fully saturated rings. The van der Waals surface area contributed by atoms with E-state index in [9.17, 15) is 18.1 Å². The van der Waals surface area contributed by atoms with Gasteiger partial charge in [-0.3, -0.25) is 4.79 Å². The van der Waals surface area contributed by atoms with Crippen molar-refractivity contribution in [2.24, 2.45) is 0 Å². The van der Waals surface area contributed by atoms with Crippen LogP contribution in [0.1, 0.15) is 6.92 Å². The molecule has 6 nitrogen and oxygen atoms in total. The number of rotatable bonds is 3. The van der Waals surface area contributed by atoms with Crippen molar-refractivity contribution in [3.05, 3.63) is 41.3 Å². The molecule has 0 saturated heterocycles. The Morgan fingerprint density at radius 2 is 1.79 bits per heavy atom. The summed E-state index contributed by atoms with van der Waals surface area (Å²) in [5, 5.41) is 2.56. The van der Waals surface area contributed by atoms with Crippen molar-refractivity contribution in [2.75, 3.05) is 0 Å². The van der Waals surface area contributed by atoms with Crippen LogP contribution in [0, 0.1) is 4.91 Å². The molecule has 2 aromatic rings. The third-order valence-electron chi connectivity index (χ3n) is 2.54. The lowest BCUT2D eigenvalue weighted by atomic mass is 10.1. The topological polar surface area (TPSA) is 94.3 Å². The number of amides is 1. The van der Waals surface area contributed by atoms with E-state index in [1.54, 1.807) is 29.4 Å². The highest BCUT2D eigenvalue weighted by molar-refractivity contribution is 7.90. The summed E-state index contributed by atoms with van der Waals surface area (Å²) in [6, 6.07) is 9.37. The summed E-state index contributed by atoms with van der Waals surface area (Å²) in [7, 11) is -4.00. The summed E-state index contributed by atoms with van der Waals surface area (Å²) in [4.78, 5) is 21.8. The minimum absolute atomic E-state index is 0.112. The molecule has 0 aliphatic rings. The van der Waals surface area contributed by atoms with E-state index in [1.165, 1.54) is 12.1 Å². The van der Waals surface area contributed by atoms with Gasteiger partial charge in [0, 0.05) is 23.1 Å². The lowest BCUT2D eigenvalue weighted by Crippen LogP contribution is -2.55. The van der Waals surface area contributed by atoms with Crippen molar-refractivity contribution >= 4 is 32.4 Å². The van der Waals surface area contributed by atoms with E-state index < -0.39 is 15.9 Å². The fraction of sp³-hybridized carbons (Fsp3) is 0.0833. The monoisotopic (exact) mass is 279 g/mol. The molecule has 0 atom stereocenters. The molecule has 0 aliphatic heterocycles. The molecule has 0 aromatic heterocycles. The van der Waals surface area contributed by atoms with Crippen LogP contribution in [0.4, 0.5) is 5.69 Å². The first kappa shape index (κ1) is 13.2. The molecule has 2 aromatic carbocycles. The van der Waals surface area contributed by atoms with Crippen molar-refractivity contribution in [1.29, 1.82) is 0 Å². The van der Waals surface area contributed by atoms with Gasteiger partial charge in [0.1, 0.15) is 4.90 Å². The van der Waals surface area contributed by atoms with Crippen LogP contribution in [0.15, 0.2) is 41.3 Å². The molecule has 0 unspecified atom stereocenters. The third-order valence-corrected chi connectivity index (χ3v) is 4.02. The highest BCUT2D eigenvalue weighted by Crippen LogP contribution is 2.27. The molecule has 0 heterocycles. The molecule has 7 heteroatoms.